The average Bonchev–Trinajstić information content (AvgIpc) is 3.21. The minimum atomic E-state index is -0.953. The highest BCUT2D eigenvalue weighted by Gasteiger charge is 2.15. The highest BCUT2D eigenvalue weighted by atomic mass is 16.5. The second-order valence-corrected chi connectivity index (χ2v) is 13.1. The summed E-state index contributed by atoms with van der Waals surface area (Å²) in [6, 6.07) is 49.0. The van der Waals surface area contributed by atoms with Gasteiger partial charge in [-0.3, -0.25) is 0 Å². The number of aryl methyl sites for hydroxylation is 2. The van der Waals surface area contributed by atoms with Gasteiger partial charge >= 0.3 is 0 Å². The third-order valence-electron chi connectivity index (χ3n) is 8.85. The Morgan fingerprint density at radius 3 is 0.963 bits per heavy atom. The van der Waals surface area contributed by atoms with E-state index >= 15 is 0 Å². The Kier molecular flexibility index (Phi) is 12.8. The van der Waals surface area contributed by atoms with E-state index in [1.165, 1.54) is 11.1 Å². The first-order valence-corrected chi connectivity index (χ1v) is 17.9. The molecule has 6 aromatic rings. The summed E-state index contributed by atoms with van der Waals surface area (Å²) in [6.45, 7) is 3.44. The molecular weight excluding hydrogens is 677 g/mol. The zero-order valence-corrected chi connectivity index (χ0v) is 30.5. The van der Waals surface area contributed by atoms with Crippen molar-refractivity contribution in [2.24, 2.45) is 0 Å². The first kappa shape index (κ1) is 37.8. The molecule has 0 aromatic heterocycles. The van der Waals surface area contributed by atoms with Gasteiger partial charge in [0.2, 0.25) is 0 Å². The van der Waals surface area contributed by atoms with E-state index in [1.807, 2.05) is 48.5 Å². The van der Waals surface area contributed by atoms with Gasteiger partial charge in [-0.15, -0.1) is 0 Å². The number of ether oxygens (including phenoxy) is 2. The smallest absolute Gasteiger partial charge is 0.119 e. The lowest BCUT2D eigenvalue weighted by Gasteiger charge is -2.26. The maximum atomic E-state index is 9.69. The van der Waals surface area contributed by atoms with Crippen LogP contribution in [0.1, 0.15) is 22.3 Å². The summed E-state index contributed by atoms with van der Waals surface area (Å²) in [5.41, 5.74) is 10.5. The van der Waals surface area contributed by atoms with E-state index in [-0.39, 0.29) is 26.4 Å². The number of rotatable bonds is 16. The summed E-state index contributed by atoms with van der Waals surface area (Å²) in [5.74, 6) is 1.15. The first-order chi connectivity index (χ1) is 26.3. The molecule has 0 heterocycles. The Hall–Kier alpha value is -5.90. The van der Waals surface area contributed by atoms with Crippen LogP contribution in [0.2, 0.25) is 0 Å². The van der Waals surface area contributed by atoms with Crippen LogP contribution in [-0.2, 0) is 0 Å². The van der Waals surface area contributed by atoms with Crippen LogP contribution in [0.3, 0.4) is 0 Å². The summed E-state index contributed by atoms with van der Waals surface area (Å²) in [4.78, 5) is 4.36. The fourth-order valence-corrected chi connectivity index (χ4v) is 5.82. The van der Waals surface area contributed by atoms with Crippen molar-refractivity contribution in [1.82, 2.24) is 0 Å². The van der Waals surface area contributed by atoms with Gasteiger partial charge in [0.1, 0.15) is 36.9 Å². The molecule has 0 bridgehead atoms. The highest BCUT2D eigenvalue weighted by Crippen LogP contribution is 2.37. The van der Waals surface area contributed by atoms with Crippen molar-refractivity contribution < 1.29 is 29.9 Å². The van der Waals surface area contributed by atoms with Crippen LogP contribution < -0.4 is 19.3 Å². The van der Waals surface area contributed by atoms with E-state index in [4.69, 9.17) is 19.7 Å². The number of anilines is 6. The Labute approximate surface area is 317 Å². The van der Waals surface area contributed by atoms with E-state index in [9.17, 15) is 10.2 Å². The number of nitrogens with zero attached hydrogens (tertiary/aromatic N) is 2. The molecule has 0 aliphatic rings. The molecule has 0 aliphatic heterocycles. The molecule has 0 aliphatic carbocycles. The highest BCUT2D eigenvalue weighted by molar-refractivity contribution is 5.80. The fraction of sp³-hybridized carbons (Fsp3) is 0.174. The summed E-state index contributed by atoms with van der Waals surface area (Å²) < 4.78 is 11.3. The molecule has 2 unspecified atom stereocenters. The Bertz CT molecular complexity index is 1960. The lowest BCUT2D eigenvalue weighted by molar-refractivity contribution is 0.0536. The lowest BCUT2D eigenvalue weighted by Crippen LogP contribution is -2.21. The van der Waals surface area contributed by atoms with Crippen LogP contribution in [0.5, 0.6) is 11.5 Å². The van der Waals surface area contributed by atoms with Crippen LogP contribution in [0.4, 0.5) is 34.1 Å². The van der Waals surface area contributed by atoms with Crippen molar-refractivity contribution in [2.75, 3.05) is 36.2 Å². The van der Waals surface area contributed by atoms with Crippen molar-refractivity contribution >= 4 is 46.3 Å². The summed E-state index contributed by atoms with van der Waals surface area (Å²) in [7, 11) is 0. The predicted molar refractivity (Wildman–Crippen MR) is 218 cm³/mol. The molecule has 4 N–H and O–H groups in total. The maximum absolute atomic E-state index is 9.69. The molecule has 276 valence electrons. The van der Waals surface area contributed by atoms with E-state index in [0.717, 1.165) is 45.3 Å². The monoisotopic (exact) mass is 722 g/mol. The van der Waals surface area contributed by atoms with Gasteiger partial charge in [-0.1, -0.05) is 71.8 Å². The van der Waals surface area contributed by atoms with Crippen molar-refractivity contribution in [3.8, 4) is 11.5 Å². The fourth-order valence-electron chi connectivity index (χ4n) is 5.82. The van der Waals surface area contributed by atoms with E-state index in [0.29, 0.717) is 11.5 Å². The predicted octanol–water partition coefficient (Wildman–Crippen LogP) is 8.88. The molecule has 0 amide bonds. The second-order valence-electron chi connectivity index (χ2n) is 13.1. The van der Waals surface area contributed by atoms with Gasteiger partial charge in [-0.25, -0.2) is 0 Å². The lowest BCUT2D eigenvalue weighted by atomic mass is 10.1. The first-order valence-electron chi connectivity index (χ1n) is 17.9. The molecule has 0 fully saturated rings. The van der Waals surface area contributed by atoms with Crippen LogP contribution in [0.15, 0.2) is 146 Å². The second kappa shape index (κ2) is 18.2. The van der Waals surface area contributed by atoms with Crippen LogP contribution in [-0.4, -0.2) is 59.1 Å². The van der Waals surface area contributed by atoms with Crippen molar-refractivity contribution in [3.05, 3.63) is 168 Å². The summed E-state index contributed by atoms with van der Waals surface area (Å²) in [6.07, 6.45) is 2.30. The van der Waals surface area contributed by atoms with Gasteiger partial charge in [0, 0.05) is 34.1 Å². The molecule has 54 heavy (non-hydrogen) atoms. The van der Waals surface area contributed by atoms with Crippen LogP contribution >= 0.6 is 0 Å². The zero-order valence-electron chi connectivity index (χ0n) is 30.5. The minimum absolute atomic E-state index is 0.00950. The largest absolute Gasteiger partial charge is 0.491 e. The molecule has 8 nitrogen and oxygen atoms in total. The van der Waals surface area contributed by atoms with Gasteiger partial charge < -0.3 is 39.7 Å². The van der Waals surface area contributed by atoms with Gasteiger partial charge in [-0.2, -0.15) is 0 Å². The summed E-state index contributed by atoms with van der Waals surface area (Å²) in [5, 5.41) is 37.6. The van der Waals surface area contributed by atoms with E-state index in [2.05, 4.69) is 133 Å². The van der Waals surface area contributed by atoms with Gasteiger partial charge in [-0.05, 0) is 122 Å². The Balaban J connectivity index is 1.21. The molecule has 0 saturated carbocycles. The zero-order chi connectivity index (χ0) is 37.9. The third kappa shape index (κ3) is 9.95. The van der Waals surface area contributed by atoms with Gasteiger partial charge in [0.15, 0.2) is 0 Å². The number of aliphatic hydroxyl groups is 4. The van der Waals surface area contributed by atoms with Gasteiger partial charge in [0.25, 0.3) is 0 Å². The number of hydrogen-bond donors (Lipinski definition) is 4. The SMILES string of the molecule is Cc1ccc(N(c2ccc(C)cc2)c2ccc(C=Cc3ccc(N(c4ccc(OCC(O)CO)cc4)c4ccc(OCC(O)CO)cc4)cc3)cc2)cc1. The van der Waals surface area contributed by atoms with E-state index in [1.54, 1.807) is 0 Å². The standard InChI is InChI=1S/C46H46N2O6/c1-33-3-13-37(14-4-33)47(38-15-5-34(2)6-16-38)39-17-9-35(10-18-39)7-8-36-11-19-40(20-12-36)48(41-21-25-45(26-22-41)53-31-43(51)29-49)42-23-27-46(28-24-42)54-32-44(52)30-50/h3-28,43-44,49-52H,29-32H2,1-2H3. The topological polar surface area (TPSA) is 106 Å². The Morgan fingerprint density at radius 1 is 0.426 bits per heavy atom. The van der Waals surface area contributed by atoms with Crippen LogP contribution in [0, 0.1) is 13.8 Å². The molecule has 0 saturated heterocycles. The summed E-state index contributed by atoms with van der Waals surface area (Å²) >= 11 is 0. The number of hydrogen-bond acceptors (Lipinski definition) is 8. The number of benzene rings is 6. The molecule has 8 heteroatoms. The quantitative estimate of drug-likeness (QED) is 0.0735. The Morgan fingerprint density at radius 2 is 0.685 bits per heavy atom. The molecule has 2 atom stereocenters. The molecule has 6 rings (SSSR count). The third-order valence-corrected chi connectivity index (χ3v) is 8.85. The van der Waals surface area contributed by atoms with Gasteiger partial charge in [0.05, 0.1) is 13.2 Å². The molecule has 0 radical (unpaired) electrons. The van der Waals surface area contributed by atoms with Crippen molar-refractivity contribution in [1.29, 1.82) is 0 Å². The molecule has 0 spiro atoms. The van der Waals surface area contributed by atoms with Crippen molar-refractivity contribution in [3.63, 3.8) is 0 Å². The van der Waals surface area contributed by atoms with Crippen LogP contribution in [0.25, 0.3) is 12.2 Å². The average molecular weight is 723 g/mol. The van der Waals surface area contributed by atoms with E-state index < -0.39 is 12.2 Å². The minimum Gasteiger partial charge on any atom is -0.491 e. The molecular formula is C46H46N2O6. The normalized spacial score (nSPS) is 12.3. The maximum Gasteiger partial charge on any atom is 0.119 e. The van der Waals surface area contributed by atoms with Crippen molar-refractivity contribution in [2.45, 2.75) is 26.1 Å². The number of aliphatic hydroxyl groups excluding tert-OH is 4. The molecule has 6 aromatic carbocycles.